The molecule has 3 aromatic rings. The van der Waals surface area contributed by atoms with Crippen LogP contribution in [-0.4, -0.2) is 24.7 Å². The third kappa shape index (κ3) is 3.17. The molecule has 25 heavy (non-hydrogen) atoms. The third-order valence-corrected chi connectivity index (χ3v) is 5.03. The van der Waals surface area contributed by atoms with Gasteiger partial charge in [-0.3, -0.25) is 4.79 Å². The van der Waals surface area contributed by atoms with Gasteiger partial charge in [0.05, 0.1) is 30.0 Å². The summed E-state index contributed by atoms with van der Waals surface area (Å²) in [4.78, 5) is 17.8. The van der Waals surface area contributed by atoms with Gasteiger partial charge in [-0.15, -0.1) is 0 Å². The van der Waals surface area contributed by atoms with Gasteiger partial charge in [0.15, 0.2) is 16.3 Å². The molecule has 1 amide bonds. The van der Waals surface area contributed by atoms with Crippen LogP contribution in [-0.2, 0) is 6.54 Å². The summed E-state index contributed by atoms with van der Waals surface area (Å²) < 4.78 is 13.8. The molecule has 1 heterocycles. The second kappa shape index (κ2) is 7.11. The SMILES string of the molecule is CCn1c(=NC(=O)c2cccc(OC)c2OC)sc2cc(C)ccc21. The van der Waals surface area contributed by atoms with E-state index in [2.05, 4.69) is 30.1 Å². The number of methoxy groups -OCH3 is 2. The molecule has 0 aliphatic carbocycles. The average molecular weight is 356 g/mol. The summed E-state index contributed by atoms with van der Waals surface area (Å²) >= 11 is 1.51. The highest BCUT2D eigenvalue weighted by atomic mass is 32.1. The van der Waals surface area contributed by atoms with Crippen molar-refractivity contribution in [3.63, 3.8) is 0 Å². The maximum absolute atomic E-state index is 12.8. The van der Waals surface area contributed by atoms with Crippen molar-refractivity contribution in [2.24, 2.45) is 4.99 Å². The minimum atomic E-state index is -0.346. The van der Waals surface area contributed by atoms with Crippen molar-refractivity contribution in [3.05, 3.63) is 52.3 Å². The zero-order valence-electron chi connectivity index (χ0n) is 14.7. The molecule has 3 rings (SSSR count). The van der Waals surface area contributed by atoms with Gasteiger partial charge in [-0.2, -0.15) is 4.99 Å². The predicted molar refractivity (Wildman–Crippen MR) is 99.7 cm³/mol. The molecule has 0 N–H and O–H groups in total. The van der Waals surface area contributed by atoms with Crippen LogP contribution < -0.4 is 14.3 Å². The van der Waals surface area contributed by atoms with Crippen molar-refractivity contribution in [2.45, 2.75) is 20.4 Å². The maximum atomic E-state index is 12.8. The zero-order chi connectivity index (χ0) is 18.0. The van der Waals surface area contributed by atoms with E-state index < -0.39 is 0 Å². The molecule has 0 aliphatic rings. The number of nitrogens with zero attached hydrogens (tertiary/aromatic N) is 2. The number of benzene rings is 2. The van der Waals surface area contributed by atoms with Gasteiger partial charge in [0.1, 0.15) is 0 Å². The first-order valence-electron chi connectivity index (χ1n) is 7.99. The highest BCUT2D eigenvalue weighted by Crippen LogP contribution is 2.31. The van der Waals surface area contributed by atoms with Crippen molar-refractivity contribution in [3.8, 4) is 11.5 Å². The Balaban J connectivity index is 2.15. The monoisotopic (exact) mass is 356 g/mol. The molecule has 0 saturated heterocycles. The first-order valence-corrected chi connectivity index (χ1v) is 8.80. The fraction of sp³-hybridized carbons (Fsp3) is 0.263. The quantitative estimate of drug-likeness (QED) is 0.715. The Bertz CT molecular complexity index is 1000. The second-order valence-corrected chi connectivity index (χ2v) is 6.57. The van der Waals surface area contributed by atoms with E-state index >= 15 is 0 Å². The Morgan fingerprint density at radius 3 is 2.68 bits per heavy atom. The number of carbonyl (C=O) groups excluding carboxylic acids is 1. The van der Waals surface area contributed by atoms with Gasteiger partial charge in [-0.05, 0) is 43.7 Å². The van der Waals surface area contributed by atoms with Gasteiger partial charge >= 0.3 is 0 Å². The van der Waals surface area contributed by atoms with E-state index in [1.807, 2.05) is 11.5 Å². The molecule has 0 atom stereocenters. The topological polar surface area (TPSA) is 52.8 Å². The van der Waals surface area contributed by atoms with E-state index in [1.54, 1.807) is 25.3 Å². The summed E-state index contributed by atoms with van der Waals surface area (Å²) in [5.41, 5.74) is 2.66. The Kier molecular flexibility index (Phi) is 4.90. The molecule has 0 aliphatic heterocycles. The Hall–Kier alpha value is -2.60. The van der Waals surface area contributed by atoms with Crippen molar-refractivity contribution in [1.82, 2.24) is 4.57 Å². The lowest BCUT2D eigenvalue weighted by molar-refractivity contribution is 0.0994. The molecule has 0 radical (unpaired) electrons. The van der Waals surface area contributed by atoms with Gasteiger partial charge in [0.25, 0.3) is 5.91 Å². The highest BCUT2D eigenvalue weighted by molar-refractivity contribution is 7.16. The minimum Gasteiger partial charge on any atom is -0.493 e. The van der Waals surface area contributed by atoms with Crippen LogP contribution in [0.5, 0.6) is 11.5 Å². The van der Waals surface area contributed by atoms with E-state index in [-0.39, 0.29) is 5.91 Å². The second-order valence-electron chi connectivity index (χ2n) is 5.56. The number of para-hydroxylation sites is 1. The number of thiazole rings is 1. The molecule has 1 aromatic heterocycles. The molecule has 0 bridgehead atoms. The fourth-order valence-electron chi connectivity index (χ4n) is 2.77. The van der Waals surface area contributed by atoms with Gasteiger partial charge < -0.3 is 14.0 Å². The summed E-state index contributed by atoms with van der Waals surface area (Å²) in [6.07, 6.45) is 0. The van der Waals surface area contributed by atoms with Gasteiger partial charge in [0.2, 0.25) is 0 Å². The molecule has 0 saturated carbocycles. The Morgan fingerprint density at radius 1 is 1.20 bits per heavy atom. The van der Waals surface area contributed by atoms with Crippen LogP contribution in [0.3, 0.4) is 0 Å². The van der Waals surface area contributed by atoms with E-state index in [0.29, 0.717) is 21.9 Å². The van der Waals surface area contributed by atoms with Crippen molar-refractivity contribution < 1.29 is 14.3 Å². The van der Waals surface area contributed by atoms with Crippen molar-refractivity contribution in [2.75, 3.05) is 14.2 Å². The van der Waals surface area contributed by atoms with Crippen LogP contribution >= 0.6 is 11.3 Å². The van der Waals surface area contributed by atoms with Crippen LogP contribution in [0.25, 0.3) is 10.2 Å². The van der Waals surface area contributed by atoms with Crippen molar-refractivity contribution in [1.29, 1.82) is 0 Å². The number of rotatable bonds is 4. The summed E-state index contributed by atoms with van der Waals surface area (Å²) in [7, 11) is 3.06. The Morgan fingerprint density at radius 2 is 2.00 bits per heavy atom. The number of aromatic nitrogens is 1. The molecule has 0 unspecified atom stereocenters. The smallest absolute Gasteiger partial charge is 0.283 e. The van der Waals surface area contributed by atoms with E-state index in [4.69, 9.17) is 9.47 Å². The summed E-state index contributed by atoms with van der Waals surface area (Å²) in [5, 5.41) is 0. The highest BCUT2D eigenvalue weighted by Gasteiger charge is 2.16. The number of fused-ring (bicyclic) bond motifs is 1. The molecule has 2 aromatic carbocycles. The standard InChI is InChI=1S/C19H20N2O3S/c1-5-21-14-10-9-12(2)11-16(14)25-19(21)20-18(22)13-7-6-8-15(23-3)17(13)24-4/h6-11H,5H2,1-4H3. The number of carbonyl (C=O) groups is 1. The van der Waals surface area contributed by atoms with Crippen LogP contribution in [0.4, 0.5) is 0 Å². The van der Waals surface area contributed by atoms with Crippen LogP contribution in [0.1, 0.15) is 22.8 Å². The number of hydrogen-bond donors (Lipinski definition) is 0. The number of hydrogen-bond acceptors (Lipinski definition) is 4. The molecule has 130 valence electrons. The first kappa shape index (κ1) is 17.2. The van der Waals surface area contributed by atoms with Crippen molar-refractivity contribution >= 4 is 27.5 Å². The summed E-state index contributed by atoms with van der Waals surface area (Å²) in [6, 6.07) is 11.5. The molecule has 6 heteroatoms. The number of aryl methyl sites for hydroxylation is 2. The number of amides is 1. The predicted octanol–water partition coefficient (Wildman–Crippen LogP) is 3.79. The summed E-state index contributed by atoms with van der Waals surface area (Å²) in [6.45, 7) is 4.84. The van der Waals surface area contributed by atoms with Crippen LogP contribution in [0, 0.1) is 6.92 Å². The maximum Gasteiger partial charge on any atom is 0.283 e. The van der Waals surface area contributed by atoms with Gasteiger partial charge in [-0.1, -0.05) is 23.5 Å². The van der Waals surface area contributed by atoms with E-state index in [0.717, 1.165) is 16.8 Å². The number of ether oxygens (including phenoxy) is 2. The van der Waals surface area contributed by atoms with E-state index in [9.17, 15) is 4.79 Å². The van der Waals surface area contributed by atoms with Gasteiger partial charge in [0, 0.05) is 6.54 Å². The van der Waals surface area contributed by atoms with Crippen LogP contribution in [0.2, 0.25) is 0 Å². The molecular weight excluding hydrogens is 336 g/mol. The summed E-state index contributed by atoms with van der Waals surface area (Å²) in [5.74, 6) is 0.568. The third-order valence-electron chi connectivity index (χ3n) is 3.99. The molecule has 0 spiro atoms. The molecule has 5 nitrogen and oxygen atoms in total. The minimum absolute atomic E-state index is 0.346. The largest absolute Gasteiger partial charge is 0.493 e. The normalized spacial score (nSPS) is 11.8. The van der Waals surface area contributed by atoms with Crippen LogP contribution in [0.15, 0.2) is 41.4 Å². The zero-order valence-corrected chi connectivity index (χ0v) is 15.5. The lowest BCUT2D eigenvalue weighted by Crippen LogP contribution is -2.16. The average Bonchev–Trinajstić information content (AvgIpc) is 2.96. The van der Waals surface area contributed by atoms with E-state index in [1.165, 1.54) is 24.0 Å². The van der Waals surface area contributed by atoms with Gasteiger partial charge in [-0.25, -0.2) is 0 Å². The Labute approximate surface area is 150 Å². The lowest BCUT2D eigenvalue weighted by atomic mass is 10.2. The molecular formula is C19H20N2O3S. The first-order chi connectivity index (χ1) is 12.1. The molecule has 0 fully saturated rings. The fourth-order valence-corrected chi connectivity index (χ4v) is 3.96. The lowest BCUT2D eigenvalue weighted by Gasteiger charge is -2.09.